The van der Waals surface area contributed by atoms with Crippen molar-refractivity contribution in [3.63, 3.8) is 0 Å². The van der Waals surface area contributed by atoms with Crippen LogP contribution in [-0.2, 0) is 24.1 Å². The van der Waals surface area contributed by atoms with Gasteiger partial charge in [-0.25, -0.2) is 0 Å². The van der Waals surface area contributed by atoms with E-state index in [0.29, 0.717) is 12.5 Å². The summed E-state index contributed by atoms with van der Waals surface area (Å²) in [6, 6.07) is 6.99. The van der Waals surface area contributed by atoms with Crippen LogP contribution in [0.4, 0.5) is 0 Å². The zero-order chi connectivity index (χ0) is 19.5. The van der Waals surface area contributed by atoms with Gasteiger partial charge < -0.3 is 15.5 Å². The fourth-order valence-electron chi connectivity index (χ4n) is 5.16. The van der Waals surface area contributed by atoms with Crippen molar-refractivity contribution in [1.82, 2.24) is 14.7 Å². The van der Waals surface area contributed by atoms with Crippen molar-refractivity contribution in [3.8, 4) is 0 Å². The van der Waals surface area contributed by atoms with E-state index >= 15 is 0 Å². The molecule has 0 radical (unpaired) electrons. The number of hydrogen-bond acceptors (Lipinski definition) is 4. The van der Waals surface area contributed by atoms with Gasteiger partial charge in [0.1, 0.15) is 0 Å². The molecule has 5 heteroatoms. The number of benzene rings is 1. The van der Waals surface area contributed by atoms with E-state index in [2.05, 4.69) is 35.0 Å². The van der Waals surface area contributed by atoms with Gasteiger partial charge in [-0.05, 0) is 81.8 Å². The van der Waals surface area contributed by atoms with Crippen molar-refractivity contribution in [1.29, 1.82) is 0 Å². The number of likely N-dealkylation sites (tertiary alicyclic amines) is 1. The Balaban J connectivity index is 1.28. The predicted octanol–water partition coefficient (Wildman–Crippen LogP) is 1.67. The number of amides is 1. The van der Waals surface area contributed by atoms with Crippen molar-refractivity contribution in [2.75, 3.05) is 46.3 Å². The molecule has 28 heavy (non-hydrogen) atoms. The van der Waals surface area contributed by atoms with Crippen molar-refractivity contribution in [2.24, 2.45) is 5.73 Å². The van der Waals surface area contributed by atoms with Gasteiger partial charge in [0.25, 0.3) is 0 Å². The molecule has 2 heterocycles. The van der Waals surface area contributed by atoms with Crippen molar-refractivity contribution in [3.05, 3.63) is 34.9 Å². The second kappa shape index (κ2) is 8.93. The minimum absolute atomic E-state index is 0.126. The van der Waals surface area contributed by atoms with Crippen LogP contribution in [0.15, 0.2) is 18.2 Å². The number of rotatable bonds is 4. The van der Waals surface area contributed by atoms with Crippen LogP contribution in [0.1, 0.15) is 42.4 Å². The predicted molar refractivity (Wildman–Crippen MR) is 113 cm³/mol. The topological polar surface area (TPSA) is 52.8 Å². The number of fused-ring (bicyclic) bond motifs is 1. The zero-order valence-corrected chi connectivity index (χ0v) is 17.4. The van der Waals surface area contributed by atoms with Crippen LogP contribution in [0.5, 0.6) is 0 Å². The Morgan fingerprint density at radius 2 is 1.71 bits per heavy atom. The fraction of sp³-hybridized carbons (Fsp3) is 0.696. The first kappa shape index (κ1) is 19.9. The van der Waals surface area contributed by atoms with Crippen LogP contribution in [-0.4, -0.2) is 79.0 Å². The second-order valence-electron chi connectivity index (χ2n) is 9.02. The highest BCUT2D eigenvalue weighted by molar-refractivity contribution is 5.82. The maximum Gasteiger partial charge on any atom is 0.239 e. The molecule has 2 saturated heterocycles. The normalized spacial score (nSPS) is 23.4. The molecule has 0 saturated carbocycles. The van der Waals surface area contributed by atoms with Gasteiger partial charge in [-0.15, -0.1) is 0 Å². The van der Waals surface area contributed by atoms with E-state index in [0.717, 1.165) is 26.2 Å². The minimum atomic E-state index is -0.420. The molecule has 2 aliphatic heterocycles. The summed E-state index contributed by atoms with van der Waals surface area (Å²) in [7, 11) is 2.21. The quantitative estimate of drug-likeness (QED) is 0.858. The number of carbonyl (C=O) groups excluding carboxylic acids is 1. The molecule has 154 valence electrons. The third-order valence-corrected chi connectivity index (χ3v) is 7.02. The largest absolute Gasteiger partial charge is 0.339 e. The number of hydrogen-bond donors (Lipinski definition) is 1. The molecule has 0 unspecified atom stereocenters. The van der Waals surface area contributed by atoms with Crippen LogP contribution in [0.2, 0.25) is 0 Å². The molecule has 2 fully saturated rings. The lowest BCUT2D eigenvalue weighted by Crippen LogP contribution is -2.56. The molecule has 1 aromatic rings. The summed E-state index contributed by atoms with van der Waals surface area (Å²) in [6.07, 6.45) is 8.11. The van der Waals surface area contributed by atoms with Crippen LogP contribution in [0, 0.1) is 0 Å². The third kappa shape index (κ3) is 4.58. The molecule has 5 nitrogen and oxygen atoms in total. The van der Waals surface area contributed by atoms with Crippen LogP contribution in [0.3, 0.4) is 0 Å². The van der Waals surface area contributed by atoms with Crippen LogP contribution >= 0.6 is 0 Å². The van der Waals surface area contributed by atoms with Gasteiger partial charge in [0, 0.05) is 32.2 Å². The Hall–Kier alpha value is -1.43. The first-order valence-electron chi connectivity index (χ1n) is 11.2. The molecule has 0 spiro atoms. The molecule has 2 N–H and O–H groups in total. The van der Waals surface area contributed by atoms with Gasteiger partial charge in [0.05, 0.1) is 6.04 Å². The summed E-state index contributed by atoms with van der Waals surface area (Å²) in [5.74, 6) is 0.126. The molecular formula is C23H36N4O. The molecule has 0 aromatic heterocycles. The SMILES string of the molecule is CN1CCC(N2CCN(C(=O)[C@H](N)Cc3ccc4c(c3)CCCC4)CC2)CC1. The van der Waals surface area contributed by atoms with E-state index < -0.39 is 6.04 Å². The highest BCUT2D eigenvalue weighted by Crippen LogP contribution is 2.23. The Bertz CT molecular complexity index is 675. The second-order valence-corrected chi connectivity index (χ2v) is 9.02. The van der Waals surface area contributed by atoms with Gasteiger partial charge in [-0.3, -0.25) is 9.69 Å². The summed E-state index contributed by atoms with van der Waals surface area (Å²) < 4.78 is 0. The zero-order valence-electron chi connectivity index (χ0n) is 17.4. The van der Waals surface area contributed by atoms with Gasteiger partial charge in [-0.2, -0.15) is 0 Å². The summed E-state index contributed by atoms with van der Waals surface area (Å²) in [6.45, 7) is 6.01. The molecule has 1 aromatic carbocycles. The van der Waals surface area contributed by atoms with Gasteiger partial charge >= 0.3 is 0 Å². The average molecular weight is 385 g/mol. The lowest BCUT2D eigenvalue weighted by atomic mass is 9.89. The fourth-order valence-corrected chi connectivity index (χ4v) is 5.16. The Kier molecular flexibility index (Phi) is 6.34. The first-order valence-corrected chi connectivity index (χ1v) is 11.2. The van der Waals surface area contributed by atoms with Crippen molar-refractivity contribution < 1.29 is 4.79 Å². The van der Waals surface area contributed by atoms with E-state index in [-0.39, 0.29) is 5.91 Å². The van der Waals surface area contributed by atoms with Crippen LogP contribution in [0.25, 0.3) is 0 Å². The molecule has 3 aliphatic rings. The lowest BCUT2D eigenvalue weighted by molar-refractivity contribution is -0.134. The maximum atomic E-state index is 12.9. The van der Waals surface area contributed by atoms with Crippen LogP contribution < -0.4 is 5.73 Å². The van der Waals surface area contributed by atoms with Gasteiger partial charge in [0.15, 0.2) is 0 Å². The molecule has 1 amide bonds. The van der Waals surface area contributed by atoms with E-state index in [1.54, 1.807) is 0 Å². The third-order valence-electron chi connectivity index (χ3n) is 7.02. The van der Waals surface area contributed by atoms with Crippen molar-refractivity contribution in [2.45, 2.75) is 57.0 Å². The molecule has 1 aliphatic carbocycles. The molecule has 0 bridgehead atoms. The summed E-state index contributed by atoms with van der Waals surface area (Å²) in [4.78, 5) is 19.9. The molecular weight excluding hydrogens is 348 g/mol. The Morgan fingerprint density at radius 3 is 2.43 bits per heavy atom. The molecule has 1 atom stereocenters. The monoisotopic (exact) mass is 384 g/mol. The number of carbonyl (C=O) groups is 1. The number of nitrogens with two attached hydrogens (primary N) is 1. The lowest BCUT2D eigenvalue weighted by Gasteiger charge is -2.42. The van der Waals surface area contributed by atoms with E-state index in [1.807, 2.05) is 4.90 Å². The summed E-state index contributed by atoms with van der Waals surface area (Å²) >= 11 is 0. The minimum Gasteiger partial charge on any atom is -0.339 e. The van der Waals surface area contributed by atoms with Gasteiger partial charge in [0.2, 0.25) is 5.91 Å². The Labute approximate surface area is 169 Å². The van der Waals surface area contributed by atoms with E-state index in [4.69, 9.17) is 5.73 Å². The Morgan fingerprint density at radius 1 is 1.04 bits per heavy atom. The standard InChI is InChI=1S/C23H36N4O/c1-25-10-8-21(9-11-25)26-12-14-27(15-13-26)23(28)22(24)17-18-6-7-19-4-2-3-5-20(19)16-18/h6-7,16,21-22H,2-5,8-15,17,24H2,1H3/t22-/m1/s1. The maximum absolute atomic E-state index is 12.9. The summed E-state index contributed by atoms with van der Waals surface area (Å²) in [5, 5.41) is 0. The molecule has 4 rings (SSSR count). The number of nitrogens with zero attached hydrogens (tertiary/aromatic N) is 3. The smallest absolute Gasteiger partial charge is 0.239 e. The average Bonchev–Trinajstić information content (AvgIpc) is 2.74. The van der Waals surface area contributed by atoms with E-state index in [9.17, 15) is 4.79 Å². The first-order chi connectivity index (χ1) is 13.6. The summed E-state index contributed by atoms with van der Waals surface area (Å²) in [5.41, 5.74) is 10.5. The van der Waals surface area contributed by atoms with E-state index in [1.165, 1.54) is 68.3 Å². The highest BCUT2D eigenvalue weighted by Gasteiger charge is 2.30. The number of piperazine rings is 1. The van der Waals surface area contributed by atoms with Gasteiger partial charge in [-0.1, -0.05) is 18.2 Å². The number of aryl methyl sites for hydroxylation is 2. The number of piperidine rings is 1. The highest BCUT2D eigenvalue weighted by atomic mass is 16.2. The van der Waals surface area contributed by atoms with Crippen molar-refractivity contribution >= 4 is 5.91 Å².